The van der Waals surface area contributed by atoms with E-state index in [1.807, 2.05) is 51.1 Å². The van der Waals surface area contributed by atoms with E-state index >= 15 is 0 Å². The smallest absolute Gasteiger partial charge is 0.219 e. The van der Waals surface area contributed by atoms with Crippen LogP contribution < -0.4 is 10.1 Å². The van der Waals surface area contributed by atoms with Crippen LogP contribution in [0.4, 0.5) is 5.82 Å². The number of hydrogen-bond acceptors (Lipinski definition) is 7. The van der Waals surface area contributed by atoms with Gasteiger partial charge in [0.05, 0.1) is 35.9 Å². The zero-order valence-electron chi connectivity index (χ0n) is 20.8. The normalized spacial score (nSPS) is 16.0. The van der Waals surface area contributed by atoms with Crippen LogP contribution in [0.5, 0.6) is 5.75 Å². The number of piperidine rings is 1. The minimum atomic E-state index is -1.13. The molecule has 8 heteroatoms. The fourth-order valence-electron chi connectivity index (χ4n) is 4.90. The average Bonchev–Trinajstić information content (AvgIpc) is 2.83. The number of aryl methyl sites for hydroxylation is 1. The zero-order valence-corrected chi connectivity index (χ0v) is 20.8. The summed E-state index contributed by atoms with van der Waals surface area (Å²) in [7, 11) is 1.58. The number of amides is 1. The Morgan fingerprint density at radius 3 is 2.60 bits per heavy atom. The third kappa shape index (κ3) is 4.64. The number of nitrogens with zero attached hydrogens (tertiary/aromatic N) is 4. The van der Waals surface area contributed by atoms with Gasteiger partial charge in [0, 0.05) is 37.0 Å². The number of carbonyl (C=O) groups excluding carboxylic acids is 1. The van der Waals surface area contributed by atoms with Crippen LogP contribution in [0.1, 0.15) is 60.8 Å². The first-order valence-corrected chi connectivity index (χ1v) is 11.8. The molecule has 2 heterocycles. The van der Waals surface area contributed by atoms with E-state index in [9.17, 15) is 15.2 Å². The molecule has 1 aliphatic rings. The molecular weight excluding hydrogens is 442 g/mol. The van der Waals surface area contributed by atoms with Crippen LogP contribution >= 0.6 is 0 Å². The molecule has 1 amide bonds. The summed E-state index contributed by atoms with van der Waals surface area (Å²) in [5, 5.41) is 25.3. The predicted molar refractivity (Wildman–Crippen MR) is 134 cm³/mol. The van der Waals surface area contributed by atoms with Crippen molar-refractivity contribution in [3.05, 3.63) is 58.4 Å². The highest BCUT2D eigenvalue weighted by Crippen LogP contribution is 2.41. The van der Waals surface area contributed by atoms with Crippen molar-refractivity contribution in [3.8, 4) is 11.8 Å². The summed E-state index contributed by atoms with van der Waals surface area (Å²) >= 11 is 0. The molecule has 0 spiro atoms. The first-order valence-electron chi connectivity index (χ1n) is 11.8. The van der Waals surface area contributed by atoms with Gasteiger partial charge in [0.25, 0.3) is 0 Å². The van der Waals surface area contributed by atoms with Crippen molar-refractivity contribution in [2.45, 2.75) is 52.2 Å². The minimum absolute atomic E-state index is 0.0117. The van der Waals surface area contributed by atoms with E-state index in [2.05, 4.69) is 21.4 Å². The molecule has 8 nitrogen and oxygen atoms in total. The summed E-state index contributed by atoms with van der Waals surface area (Å²) in [5.41, 5.74) is 2.83. The highest BCUT2D eigenvalue weighted by atomic mass is 16.5. The number of carbonyl (C=O) groups is 1. The molecule has 3 aromatic rings. The summed E-state index contributed by atoms with van der Waals surface area (Å²) in [4.78, 5) is 22.8. The summed E-state index contributed by atoms with van der Waals surface area (Å²) in [6.45, 7) is 8.32. The molecule has 1 saturated heterocycles. The van der Waals surface area contributed by atoms with Crippen LogP contribution in [0.15, 0.2) is 30.3 Å². The van der Waals surface area contributed by atoms with Crippen LogP contribution in [0.25, 0.3) is 10.9 Å². The Hall–Kier alpha value is -3.70. The largest absolute Gasteiger partial charge is 0.496 e. The SMILES string of the molecule is COc1cc2nc(C)nc(N[C@H](C)c3cccc(C#N)c3C)c2cc1C1(O)CCN(C(C)=O)CC1. The number of anilines is 1. The maximum Gasteiger partial charge on any atom is 0.219 e. The second-order valence-electron chi connectivity index (χ2n) is 9.22. The van der Waals surface area contributed by atoms with Gasteiger partial charge < -0.3 is 20.1 Å². The number of rotatable bonds is 5. The van der Waals surface area contributed by atoms with E-state index in [1.165, 1.54) is 0 Å². The Balaban J connectivity index is 1.77. The number of aliphatic hydroxyl groups is 1. The van der Waals surface area contributed by atoms with E-state index < -0.39 is 5.60 Å². The Morgan fingerprint density at radius 1 is 1.26 bits per heavy atom. The topological polar surface area (TPSA) is 111 Å². The fourth-order valence-corrected chi connectivity index (χ4v) is 4.90. The van der Waals surface area contributed by atoms with Gasteiger partial charge in [0.15, 0.2) is 0 Å². The van der Waals surface area contributed by atoms with Crippen molar-refractivity contribution in [2.24, 2.45) is 0 Å². The number of hydrogen-bond donors (Lipinski definition) is 2. The standard InChI is InChI=1S/C27H31N5O3/c1-16-20(15-28)7-6-8-21(16)17(2)29-26-22-13-23(25(35-5)14-24(22)30-18(3)31-26)27(34)9-11-32(12-10-27)19(4)33/h6-8,13-14,17,34H,9-12H2,1-5H3,(H,29,30,31)/t17-/m1/s1. The van der Waals surface area contributed by atoms with Crippen LogP contribution in [-0.2, 0) is 10.4 Å². The average molecular weight is 474 g/mol. The monoisotopic (exact) mass is 473 g/mol. The molecule has 1 fully saturated rings. The number of nitriles is 1. The van der Waals surface area contributed by atoms with Crippen LogP contribution in [-0.4, -0.2) is 46.1 Å². The van der Waals surface area contributed by atoms with Crippen molar-refractivity contribution in [1.29, 1.82) is 5.26 Å². The van der Waals surface area contributed by atoms with Gasteiger partial charge in [-0.3, -0.25) is 4.79 Å². The number of nitrogens with one attached hydrogen (secondary N) is 1. The second-order valence-corrected chi connectivity index (χ2v) is 9.22. The lowest BCUT2D eigenvalue weighted by molar-refractivity contribution is -0.133. The van der Waals surface area contributed by atoms with Gasteiger partial charge in [-0.25, -0.2) is 9.97 Å². The Labute approximate surface area is 205 Å². The predicted octanol–water partition coefficient (Wildman–Crippen LogP) is 4.13. The molecule has 4 rings (SSSR count). The summed E-state index contributed by atoms with van der Waals surface area (Å²) in [6, 6.07) is 11.6. The van der Waals surface area contributed by atoms with Crippen molar-refractivity contribution in [1.82, 2.24) is 14.9 Å². The lowest BCUT2D eigenvalue weighted by atomic mass is 9.83. The van der Waals surface area contributed by atoms with Gasteiger partial charge in [-0.15, -0.1) is 0 Å². The van der Waals surface area contributed by atoms with Gasteiger partial charge in [-0.1, -0.05) is 12.1 Å². The van der Waals surface area contributed by atoms with E-state index in [0.29, 0.717) is 60.0 Å². The number of fused-ring (bicyclic) bond motifs is 1. The summed E-state index contributed by atoms with van der Waals surface area (Å²) in [6.07, 6.45) is 0.834. The Bertz CT molecular complexity index is 1320. The highest BCUT2D eigenvalue weighted by Gasteiger charge is 2.37. The van der Waals surface area contributed by atoms with Crippen LogP contribution in [0.2, 0.25) is 0 Å². The number of aromatic nitrogens is 2. The molecule has 0 saturated carbocycles. The van der Waals surface area contributed by atoms with Crippen LogP contribution in [0.3, 0.4) is 0 Å². The molecule has 0 radical (unpaired) electrons. The molecule has 0 unspecified atom stereocenters. The van der Waals surface area contributed by atoms with E-state index in [0.717, 1.165) is 16.5 Å². The number of ether oxygens (including phenoxy) is 1. The molecule has 1 aliphatic heterocycles. The van der Waals surface area contributed by atoms with E-state index in [1.54, 1.807) is 18.9 Å². The lowest BCUT2D eigenvalue weighted by Crippen LogP contribution is -2.44. The van der Waals surface area contributed by atoms with Crippen molar-refractivity contribution in [3.63, 3.8) is 0 Å². The highest BCUT2D eigenvalue weighted by molar-refractivity contribution is 5.91. The quantitative estimate of drug-likeness (QED) is 0.573. The van der Waals surface area contributed by atoms with Crippen LogP contribution in [0, 0.1) is 25.2 Å². The minimum Gasteiger partial charge on any atom is -0.496 e. The Kier molecular flexibility index (Phi) is 6.64. The van der Waals surface area contributed by atoms with Crippen molar-refractivity contribution in [2.75, 3.05) is 25.5 Å². The van der Waals surface area contributed by atoms with E-state index in [4.69, 9.17) is 4.74 Å². The molecular formula is C27H31N5O3. The van der Waals surface area contributed by atoms with Gasteiger partial charge in [0.2, 0.25) is 5.91 Å². The van der Waals surface area contributed by atoms with Crippen molar-refractivity contribution >= 4 is 22.6 Å². The molecule has 1 aromatic heterocycles. The van der Waals surface area contributed by atoms with Crippen molar-refractivity contribution < 1.29 is 14.6 Å². The zero-order chi connectivity index (χ0) is 25.3. The number of benzene rings is 2. The summed E-state index contributed by atoms with van der Waals surface area (Å²) < 4.78 is 5.67. The molecule has 0 aliphatic carbocycles. The lowest BCUT2D eigenvalue weighted by Gasteiger charge is -2.38. The third-order valence-electron chi connectivity index (χ3n) is 6.98. The fraction of sp³-hybridized carbons (Fsp3) is 0.407. The molecule has 1 atom stereocenters. The third-order valence-corrected chi connectivity index (χ3v) is 6.98. The maximum atomic E-state index is 11.8. The maximum absolute atomic E-state index is 11.8. The van der Waals surface area contributed by atoms with Gasteiger partial charge in [-0.05, 0) is 56.9 Å². The van der Waals surface area contributed by atoms with Gasteiger partial charge in [-0.2, -0.15) is 5.26 Å². The first kappa shape index (κ1) is 24.4. The molecule has 0 bridgehead atoms. The molecule has 2 N–H and O–H groups in total. The molecule has 2 aromatic carbocycles. The second kappa shape index (κ2) is 9.51. The molecule has 35 heavy (non-hydrogen) atoms. The number of likely N-dealkylation sites (tertiary alicyclic amines) is 1. The Morgan fingerprint density at radius 2 is 1.97 bits per heavy atom. The molecule has 182 valence electrons. The van der Waals surface area contributed by atoms with Gasteiger partial charge in [0.1, 0.15) is 17.4 Å². The first-order chi connectivity index (χ1) is 16.7. The number of methoxy groups -OCH3 is 1. The summed E-state index contributed by atoms with van der Waals surface area (Å²) in [5.74, 6) is 1.83. The van der Waals surface area contributed by atoms with E-state index in [-0.39, 0.29) is 11.9 Å². The van der Waals surface area contributed by atoms with Gasteiger partial charge >= 0.3 is 0 Å².